The van der Waals surface area contributed by atoms with E-state index < -0.39 is 0 Å². The molecule has 2 aromatic heterocycles. The van der Waals surface area contributed by atoms with Crippen molar-refractivity contribution in [2.45, 2.75) is 0 Å². The Bertz CT molecular complexity index is 393. The van der Waals surface area contributed by atoms with Gasteiger partial charge in [0.05, 0.1) is 11.8 Å². The van der Waals surface area contributed by atoms with Gasteiger partial charge in [0.15, 0.2) is 5.15 Å². The maximum atomic E-state index is 5.83. The van der Waals surface area contributed by atoms with Crippen LogP contribution in [-0.2, 0) is 7.05 Å². The van der Waals surface area contributed by atoms with Crippen LogP contribution in [0.25, 0.3) is 11.0 Å². The van der Waals surface area contributed by atoms with E-state index in [4.69, 9.17) is 11.6 Å². The Morgan fingerprint density at radius 3 is 3.00 bits per heavy atom. The fourth-order valence-corrected chi connectivity index (χ4v) is 1.34. The third kappa shape index (κ3) is 0.886. The van der Waals surface area contributed by atoms with Crippen LogP contribution in [0.15, 0.2) is 18.6 Å². The molecule has 0 fully saturated rings. The van der Waals surface area contributed by atoms with Gasteiger partial charge in [-0.15, -0.1) is 0 Å². The van der Waals surface area contributed by atoms with Crippen molar-refractivity contribution in [3.05, 3.63) is 23.7 Å². The molecule has 56 valence electrons. The van der Waals surface area contributed by atoms with E-state index in [1.807, 2.05) is 17.7 Å². The maximum absolute atomic E-state index is 5.83. The minimum atomic E-state index is 0.502. The second-order valence-corrected chi connectivity index (χ2v) is 2.68. The first-order valence-electron chi connectivity index (χ1n) is 3.20. The first kappa shape index (κ1) is 6.61. The molecule has 0 radical (unpaired) electrons. The van der Waals surface area contributed by atoms with Crippen LogP contribution in [0.3, 0.4) is 0 Å². The zero-order chi connectivity index (χ0) is 7.84. The summed E-state index contributed by atoms with van der Waals surface area (Å²) in [5.41, 5.74) is 1.77. The number of aryl methyl sites for hydroxylation is 1. The van der Waals surface area contributed by atoms with E-state index in [-0.39, 0.29) is 0 Å². The van der Waals surface area contributed by atoms with Gasteiger partial charge in [-0.1, -0.05) is 11.6 Å². The summed E-state index contributed by atoms with van der Waals surface area (Å²) in [4.78, 5) is 8.06. The monoisotopic (exact) mass is 167 g/mol. The summed E-state index contributed by atoms with van der Waals surface area (Å²) in [6.45, 7) is 0. The number of halogens is 1. The third-order valence-electron chi connectivity index (χ3n) is 1.58. The lowest BCUT2D eigenvalue weighted by Gasteiger charge is -1.94. The number of hydrogen-bond donors (Lipinski definition) is 0. The molecule has 0 spiro atoms. The summed E-state index contributed by atoms with van der Waals surface area (Å²) in [5.74, 6) is 0. The van der Waals surface area contributed by atoms with E-state index in [9.17, 15) is 0 Å². The molecule has 2 rings (SSSR count). The van der Waals surface area contributed by atoms with E-state index >= 15 is 0 Å². The van der Waals surface area contributed by atoms with Crippen LogP contribution >= 0.6 is 11.6 Å². The van der Waals surface area contributed by atoms with Gasteiger partial charge < -0.3 is 4.57 Å². The van der Waals surface area contributed by atoms with Crippen molar-refractivity contribution in [1.82, 2.24) is 14.5 Å². The Labute approximate surface area is 68.6 Å². The smallest absolute Gasteiger partial charge is 0.154 e. The highest BCUT2D eigenvalue weighted by atomic mass is 35.5. The number of imidazole rings is 1. The number of nitrogens with zero attached hydrogens (tertiary/aromatic N) is 3. The summed E-state index contributed by atoms with van der Waals surface area (Å²) < 4.78 is 1.85. The second-order valence-electron chi connectivity index (χ2n) is 2.32. The minimum absolute atomic E-state index is 0.502. The van der Waals surface area contributed by atoms with Gasteiger partial charge in [0, 0.05) is 13.2 Å². The van der Waals surface area contributed by atoms with Crippen LogP contribution in [0.2, 0.25) is 5.15 Å². The van der Waals surface area contributed by atoms with Gasteiger partial charge in [-0.25, -0.2) is 9.97 Å². The topological polar surface area (TPSA) is 30.7 Å². The molecule has 0 aliphatic rings. The molecule has 0 amide bonds. The predicted octanol–water partition coefficient (Wildman–Crippen LogP) is 1.62. The molecular formula is C7H6ClN3. The zero-order valence-electron chi connectivity index (χ0n) is 5.95. The van der Waals surface area contributed by atoms with E-state index in [2.05, 4.69) is 9.97 Å². The lowest BCUT2D eigenvalue weighted by atomic mass is 10.4. The Morgan fingerprint density at radius 2 is 2.27 bits per heavy atom. The predicted molar refractivity (Wildman–Crippen MR) is 43.5 cm³/mol. The average Bonchev–Trinajstić information content (AvgIpc) is 2.34. The summed E-state index contributed by atoms with van der Waals surface area (Å²) in [6.07, 6.45) is 3.37. The van der Waals surface area contributed by atoms with E-state index in [0.717, 1.165) is 11.0 Å². The van der Waals surface area contributed by atoms with Crippen LogP contribution in [0.5, 0.6) is 0 Å². The maximum Gasteiger partial charge on any atom is 0.154 e. The van der Waals surface area contributed by atoms with Crippen molar-refractivity contribution < 1.29 is 0 Å². The van der Waals surface area contributed by atoms with Crippen LogP contribution in [0.1, 0.15) is 0 Å². The molecule has 11 heavy (non-hydrogen) atoms. The fourth-order valence-electron chi connectivity index (χ4n) is 1.06. The number of rotatable bonds is 0. The molecule has 0 bridgehead atoms. The quantitative estimate of drug-likeness (QED) is 0.559. The first-order chi connectivity index (χ1) is 5.29. The van der Waals surface area contributed by atoms with Crippen molar-refractivity contribution in [3.63, 3.8) is 0 Å². The molecule has 0 N–H and O–H groups in total. The molecule has 0 aromatic carbocycles. The van der Waals surface area contributed by atoms with Crippen molar-refractivity contribution >= 4 is 22.6 Å². The zero-order valence-corrected chi connectivity index (χ0v) is 6.71. The van der Waals surface area contributed by atoms with Crippen LogP contribution in [-0.4, -0.2) is 14.5 Å². The van der Waals surface area contributed by atoms with Crippen LogP contribution < -0.4 is 0 Å². The highest BCUT2D eigenvalue weighted by molar-refractivity contribution is 6.33. The highest BCUT2D eigenvalue weighted by Gasteiger charge is 2.02. The van der Waals surface area contributed by atoms with Gasteiger partial charge in [-0.3, -0.25) is 0 Å². The Kier molecular flexibility index (Phi) is 1.32. The summed E-state index contributed by atoms with van der Waals surface area (Å²) >= 11 is 5.83. The SMILES string of the molecule is Cn1cnc2ccnc(Cl)c21. The van der Waals surface area contributed by atoms with E-state index in [1.54, 1.807) is 12.5 Å². The fraction of sp³-hybridized carbons (Fsp3) is 0.143. The number of hydrogen-bond acceptors (Lipinski definition) is 2. The molecule has 0 atom stereocenters. The third-order valence-corrected chi connectivity index (χ3v) is 1.86. The number of pyridine rings is 1. The molecule has 3 nitrogen and oxygen atoms in total. The molecule has 2 heterocycles. The molecule has 4 heteroatoms. The molecular weight excluding hydrogens is 162 g/mol. The Morgan fingerprint density at radius 1 is 1.45 bits per heavy atom. The van der Waals surface area contributed by atoms with Gasteiger partial charge in [-0.05, 0) is 6.07 Å². The van der Waals surface area contributed by atoms with Gasteiger partial charge in [-0.2, -0.15) is 0 Å². The summed E-state index contributed by atoms with van der Waals surface area (Å²) in [6, 6.07) is 1.83. The van der Waals surface area contributed by atoms with Gasteiger partial charge in [0.2, 0.25) is 0 Å². The second kappa shape index (κ2) is 2.20. The van der Waals surface area contributed by atoms with Gasteiger partial charge in [0.1, 0.15) is 5.52 Å². The minimum Gasteiger partial charge on any atom is -0.331 e. The normalized spacial score (nSPS) is 10.7. The van der Waals surface area contributed by atoms with Crippen molar-refractivity contribution in [1.29, 1.82) is 0 Å². The molecule has 0 aliphatic carbocycles. The summed E-state index contributed by atoms with van der Waals surface area (Å²) in [5, 5.41) is 0.502. The van der Waals surface area contributed by atoms with Crippen molar-refractivity contribution in [2.24, 2.45) is 7.05 Å². The number of fused-ring (bicyclic) bond motifs is 1. The summed E-state index contributed by atoms with van der Waals surface area (Å²) in [7, 11) is 1.89. The Balaban J connectivity index is 2.96. The number of aromatic nitrogens is 3. The average molecular weight is 168 g/mol. The first-order valence-corrected chi connectivity index (χ1v) is 3.58. The van der Waals surface area contributed by atoms with Crippen molar-refractivity contribution in [3.8, 4) is 0 Å². The van der Waals surface area contributed by atoms with Gasteiger partial charge >= 0.3 is 0 Å². The standard InChI is InChI=1S/C7H6ClN3/c1-11-4-10-5-2-3-9-7(8)6(5)11/h2-4H,1H3. The van der Waals surface area contributed by atoms with E-state index in [1.165, 1.54) is 0 Å². The van der Waals surface area contributed by atoms with Gasteiger partial charge in [0.25, 0.3) is 0 Å². The lowest BCUT2D eigenvalue weighted by molar-refractivity contribution is 0.945. The largest absolute Gasteiger partial charge is 0.331 e. The molecule has 0 saturated carbocycles. The highest BCUT2D eigenvalue weighted by Crippen LogP contribution is 2.18. The van der Waals surface area contributed by atoms with Crippen molar-refractivity contribution in [2.75, 3.05) is 0 Å². The molecule has 2 aromatic rings. The lowest BCUT2D eigenvalue weighted by Crippen LogP contribution is -1.85. The van der Waals surface area contributed by atoms with Crippen LogP contribution in [0.4, 0.5) is 0 Å². The Hall–Kier alpha value is -1.09. The molecule has 0 saturated heterocycles. The van der Waals surface area contributed by atoms with E-state index in [0.29, 0.717) is 5.15 Å². The molecule has 0 unspecified atom stereocenters. The van der Waals surface area contributed by atoms with Crippen LogP contribution in [0, 0.1) is 0 Å². The molecule has 0 aliphatic heterocycles.